The van der Waals surface area contributed by atoms with E-state index in [9.17, 15) is 9.59 Å². The lowest BCUT2D eigenvalue weighted by Crippen LogP contribution is -2.63. The number of hydrogen-bond donors (Lipinski definition) is 1. The molecule has 2 aliphatic heterocycles. The molecule has 0 spiro atoms. The molecule has 4 saturated carbocycles. The molecule has 0 unspecified atom stereocenters. The molecule has 6 aliphatic rings. The van der Waals surface area contributed by atoms with Crippen molar-refractivity contribution in [3.63, 3.8) is 0 Å². The topological polar surface area (TPSA) is 55.9 Å². The molecular formula is C23H38N4O2. The van der Waals surface area contributed by atoms with Gasteiger partial charge in [-0.15, -0.1) is 0 Å². The summed E-state index contributed by atoms with van der Waals surface area (Å²) in [5.74, 6) is 3.08. The Kier molecular flexibility index (Phi) is 5.35. The smallest absolute Gasteiger partial charge is 0.237 e. The molecule has 29 heavy (non-hydrogen) atoms. The minimum Gasteiger partial charge on any atom is -0.349 e. The van der Waals surface area contributed by atoms with Gasteiger partial charge in [0, 0.05) is 44.8 Å². The molecule has 0 aromatic rings. The Hall–Kier alpha value is -1.14. The number of nitrogens with zero attached hydrogens (tertiary/aromatic N) is 3. The number of carbonyl (C=O) groups is 2. The first-order valence-corrected chi connectivity index (χ1v) is 12.1. The van der Waals surface area contributed by atoms with Crippen molar-refractivity contribution in [2.24, 2.45) is 17.8 Å². The third kappa shape index (κ3) is 4.07. The predicted octanol–water partition coefficient (Wildman–Crippen LogP) is 1.70. The molecule has 2 amide bonds. The van der Waals surface area contributed by atoms with E-state index in [-0.39, 0.29) is 23.4 Å². The molecule has 2 heterocycles. The maximum Gasteiger partial charge on any atom is 0.237 e. The first-order valence-electron chi connectivity index (χ1n) is 12.1. The van der Waals surface area contributed by atoms with Gasteiger partial charge in [-0.3, -0.25) is 19.4 Å². The summed E-state index contributed by atoms with van der Waals surface area (Å²) in [5.41, 5.74) is 0.101. The highest BCUT2D eigenvalue weighted by molar-refractivity contribution is 5.82. The highest BCUT2D eigenvalue weighted by atomic mass is 16.2. The van der Waals surface area contributed by atoms with Crippen molar-refractivity contribution in [3.8, 4) is 0 Å². The highest BCUT2D eigenvalue weighted by Gasteiger charge is 2.51. The van der Waals surface area contributed by atoms with Crippen LogP contribution < -0.4 is 5.32 Å². The van der Waals surface area contributed by atoms with Crippen molar-refractivity contribution in [2.45, 2.75) is 69.9 Å². The number of rotatable bonds is 5. The van der Waals surface area contributed by atoms with Gasteiger partial charge in [-0.05, 0) is 76.0 Å². The van der Waals surface area contributed by atoms with E-state index >= 15 is 0 Å². The van der Waals surface area contributed by atoms with Crippen molar-refractivity contribution >= 4 is 11.8 Å². The van der Waals surface area contributed by atoms with E-state index in [1.54, 1.807) is 0 Å². The Balaban J connectivity index is 1.10. The van der Waals surface area contributed by atoms with E-state index in [0.29, 0.717) is 6.54 Å². The van der Waals surface area contributed by atoms with Gasteiger partial charge in [-0.25, -0.2) is 0 Å². The average Bonchev–Trinajstić information content (AvgIpc) is 3.21. The summed E-state index contributed by atoms with van der Waals surface area (Å²) in [6.07, 6.45) is 10.2. The van der Waals surface area contributed by atoms with E-state index < -0.39 is 0 Å². The highest BCUT2D eigenvalue weighted by Crippen LogP contribution is 2.55. The molecule has 4 aliphatic carbocycles. The van der Waals surface area contributed by atoms with Crippen LogP contribution in [0, 0.1) is 17.8 Å². The van der Waals surface area contributed by atoms with Gasteiger partial charge in [0.2, 0.25) is 11.8 Å². The van der Waals surface area contributed by atoms with Crippen LogP contribution in [-0.2, 0) is 9.59 Å². The molecular weight excluding hydrogens is 364 g/mol. The zero-order valence-corrected chi connectivity index (χ0v) is 18.1. The number of amides is 2. The van der Waals surface area contributed by atoms with Gasteiger partial charge in [-0.1, -0.05) is 0 Å². The van der Waals surface area contributed by atoms with Gasteiger partial charge in [0.25, 0.3) is 0 Å². The van der Waals surface area contributed by atoms with Crippen LogP contribution in [0.5, 0.6) is 0 Å². The van der Waals surface area contributed by atoms with E-state index in [1.807, 2.05) is 4.90 Å². The van der Waals surface area contributed by atoms with Crippen LogP contribution >= 0.6 is 0 Å². The fourth-order valence-corrected chi connectivity index (χ4v) is 7.36. The maximum absolute atomic E-state index is 13.1. The second-order valence-electron chi connectivity index (χ2n) is 10.8. The molecule has 162 valence electrons. The molecule has 6 nitrogen and oxygen atoms in total. The summed E-state index contributed by atoms with van der Waals surface area (Å²) in [7, 11) is 0. The second kappa shape index (κ2) is 7.84. The lowest BCUT2D eigenvalue weighted by atomic mass is 9.53. The van der Waals surface area contributed by atoms with E-state index in [2.05, 4.69) is 22.0 Å². The van der Waals surface area contributed by atoms with Crippen LogP contribution in [-0.4, -0.2) is 83.9 Å². The number of carbonyl (C=O) groups excluding carboxylic acids is 2. The van der Waals surface area contributed by atoms with Crippen molar-refractivity contribution in [1.82, 2.24) is 20.0 Å². The van der Waals surface area contributed by atoms with Crippen LogP contribution in [0.2, 0.25) is 0 Å². The Morgan fingerprint density at radius 2 is 1.45 bits per heavy atom. The molecule has 6 heteroatoms. The SMILES string of the molecule is C[C@H](C(=O)NC12CC3CC(CC(C3)C1)C2)N1CCN(CC(=O)N2CCCC2)CC1. The third-order valence-electron chi connectivity index (χ3n) is 8.58. The minimum absolute atomic E-state index is 0.0700. The minimum atomic E-state index is -0.0700. The van der Waals surface area contributed by atoms with Crippen LogP contribution in [0.1, 0.15) is 58.3 Å². The van der Waals surface area contributed by atoms with E-state index in [1.165, 1.54) is 38.5 Å². The van der Waals surface area contributed by atoms with Gasteiger partial charge < -0.3 is 10.2 Å². The Morgan fingerprint density at radius 3 is 2.00 bits per heavy atom. The van der Waals surface area contributed by atoms with E-state index in [0.717, 1.165) is 69.9 Å². The first-order chi connectivity index (χ1) is 14.0. The van der Waals surface area contributed by atoms with Gasteiger partial charge in [-0.2, -0.15) is 0 Å². The number of nitrogens with one attached hydrogen (secondary N) is 1. The Labute approximate surface area is 175 Å². The van der Waals surface area contributed by atoms with E-state index in [4.69, 9.17) is 0 Å². The van der Waals surface area contributed by atoms with Crippen molar-refractivity contribution in [2.75, 3.05) is 45.8 Å². The molecule has 6 fully saturated rings. The van der Waals surface area contributed by atoms with Gasteiger partial charge in [0.05, 0.1) is 12.6 Å². The molecule has 0 aromatic heterocycles. The molecule has 2 saturated heterocycles. The summed E-state index contributed by atoms with van der Waals surface area (Å²) < 4.78 is 0. The molecule has 1 atom stereocenters. The van der Waals surface area contributed by atoms with Gasteiger partial charge in [0.1, 0.15) is 0 Å². The second-order valence-corrected chi connectivity index (χ2v) is 10.8. The lowest BCUT2D eigenvalue weighted by molar-refractivity contribution is -0.134. The Morgan fingerprint density at radius 1 is 0.897 bits per heavy atom. The molecule has 1 N–H and O–H groups in total. The van der Waals surface area contributed by atoms with Gasteiger partial charge in [0.15, 0.2) is 0 Å². The zero-order valence-electron chi connectivity index (χ0n) is 18.1. The summed E-state index contributed by atoms with van der Waals surface area (Å²) in [4.78, 5) is 32.1. The predicted molar refractivity (Wildman–Crippen MR) is 112 cm³/mol. The molecule has 0 aromatic carbocycles. The third-order valence-corrected chi connectivity index (χ3v) is 8.58. The largest absolute Gasteiger partial charge is 0.349 e. The fraction of sp³-hybridized carbons (Fsp3) is 0.913. The quantitative estimate of drug-likeness (QED) is 0.761. The Bertz CT molecular complexity index is 602. The maximum atomic E-state index is 13.1. The summed E-state index contributed by atoms with van der Waals surface area (Å²) in [6, 6.07) is -0.0700. The lowest BCUT2D eigenvalue weighted by Gasteiger charge is -2.57. The standard InChI is InChI=1S/C23H38N4O2/c1-17(22(29)24-23-13-18-10-19(14-23)12-20(11-18)15-23)26-8-6-25(7-9-26)16-21(28)27-4-2-3-5-27/h17-20H,2-16H2,1H3,(H,24,29)/t17-,18?,19?,20?,23?/m1/s1. The summed E-state index contributed by atoms with van der Waals surface area (Å²) in [5, 5.41) is 3.55. The molecule has 4 bridgehead atoms. The van der Waals surface area contributed by atoms with Crippen molar-refractivity contribution < 1.29 is 9.59 Å². The average molecular weight is 403 g/mol. The van der Waals surface area contributed by atoms with Crippen LogP contribution in [0.3, 0.4) is 0 Å². The van der Waals surface area contributed by atoms with Crippen LogP contribution in [0.15, 0.2) is 0 Å². The first kappa shape index (κ1) is 19.8. The van der Waals surface area contributed by atoms with Gasteiger partial charge >= 0.3 is 0 Å². The monoisotopic (exact) mass is 402 g/mol. The normalized spacial score (nSPS) is 38.4. The zero-order chi connectivity index (χ0) is 20.0. The summed E-state index contributed by atoms with van der Waals surface area (Å²) in [6.45, 7) is 8.00. The summed E-state index contributed by atoms with van der Waals surface area (Å²) >= 11 is 0. The number of hydrogen-bond acceptors (Lipinski definition) is 4. The van der Waals surface area contributed by atoms with Crippen LogP contribution in [0.4, 0.5) is 0 Å². The fourth-order valence-electron chi connectivity index (χ4n) is 7.36. The molecule has 0 radical (unpaired) electrons. The molecule has 6 rings (SSSR count). The number of likely N-dealkylation sites (tertiary alicyclic amines) is 1. The number of piperazine rings is 1. The van der Waals surface area contributed by atoms with Crippen molar-refractivity contribution in [3.05, 3.63) is 0 Å². The van der Waals surface area contributed by atoms with Crippen LogP contribution in [0.25, 0.3) is 0 Å². The van der Waals surface area contributed by atoms with Crippen molar-refractivity contribution in [1.29, 1.82) is 0 Å².